The van der Waals surface area contributed by atoms with Gasteiger partial charge in [-0.2, -0.15) is 0 Å². The third-order valence-corrected chi connectivity index (χ3v) is 3.55. The molecule has 0 radical (unpaired) electrons. The highest BCUT2D eigenvalue weighted by molar-refractivity contribution is 5.90. The maximum absolute atomic E-state index is 11.5. The zero-order valence-electron chi connectivity index (χ0n) is 10.5. The first-order valence-corrected chi connectivity index (χ1v) is 6.13. The highest BCUT2D eigenvalue weighted by Crippen LogP contribution is 2.27. The van der Waals surface area contributed by atoms with Crippen LogP contribution >= 0.6 is 0 Å². The molecule has 2 rings (SSSR count). The lowest BCUT2D eigenvalue weighted by Crippen LogP contribution is -2.28. The maximum atomic E-state index is 11.5. The minimum atomic E-state index is -0.272. The molecule has 1 aliphatic rings. The Morgan fingerprint density at radius 1 is 1.35 bits per heavy atom. The summed E-state index contributed by atoms with van der Waals surface area (Å²) in [5.41, 5.74) is 1.72. The van der Waals surface area contributed by atoms with Crippen LogP contribution in [0, 0.1) is 0 Å². The molecule has 0 saturated heterocycles. The van der Waals surface area contributed by atoms with Gasteiger partial charge in [0.15, 0.2) is 0 Å². The average molecular weight is 233 g/mol. The van der Waals surface area contributed by atoms with Crippen LogP contribution in [0.3, 0.4) is 0 Å². The summed E-state index contributed by atoms with van der Waals surface area (Å²) in [4.78, 5) is 13.7. The Balaban J connectivity index is 2.17. The smallest absolute Gasteiger partial charge is 0.337 e. The maximum Gasteiger partial charge on any atom is 0.337 e. The average Bonchev–Trinajstić information content (AvgIpc) is 2.91. The number of rotatable bonds is 3. The standard InChI is InChI=1S/C14H19NO2/c1-15(12-7-3-4-8-12)13-9-5-6-11(10-13)14(16)17-2/h5-6,9-10,12H,3-4,7-8H2,1-2H3. The van der Waals surface area contributed by atoms with Gasteiger partial charge in [-0.1, -0.05) is 18.9 Å². The monoisotopic (exact) mass is 233 g/mol. The summed E-state index contributed by atoms with van der Waals surface area (Å²) in [6.07, 6.45) is 5.12. The molecule has 1 aromatic rings. The van der Waals surface area contributed by atoms with Crippen LogP contribution in [0.25, 0.3) is 0 Å². The summed E-state index contributed by atoms with van der Waals surface area (Å²) in [6, 6.07) is 8.27. The van der Waals surface area contributed by atoms with Crippen LogP contribution in [0.4, 0.5) is 5.69 Å². The van der Waals surface area contributed by atoms with Crippen LogP contribution in [0.5, 0.6) is 0 Å². The Hall–Kier alpha value is -1.51. The zero-order valence-corrected chi connectivity index (χ0v) is 10.5. The van der Waals surface area contributed by atoms with Gasteiger partial charge in [-0.15, -0.1) is 0 Å². The van der Waals surface area contributed by atoms with E-state index < -0.39 is 0 Å². The number of benzene rings is 1. The van der Waals surface area contributed by atoms with E-state index in [0.29, 0.717) is 11.6 Å². The lowest BCUT2D eigenvalue weighted by molar-refractivity contribution is 0.0601. The lowest BCUT2D eigenvalue weighted by atomic mass is 10.1. The van der Waals surface area contributed by atoms with Crippen molar-refractivity contribution in [3.8, 4) is 0 Å². The molecule has 92 valence electrons. The van der Waals surface area contributed by atoms with Gasteiger partial charge < -0.3 is 9.64 Å². The molecule has 1 saturated carbocycles. The molecule has 1 aliphatic carbocycles. The molecule has 1 fully saturated rings. The van der Waals surface area contributed by atoms with Crippen LogP contribution in [0.2, 0.25) is 0 Å². The molecule has 0 amide bonds. The highest BCUT2D eigenvalue weighted by Gasteiger charge is 2.20. The first-order chi connectivity index (χ1) is 8.22. The van der Waals surface area contributed by atoms with Crippen molar-refractivity contribution in [3.63, 3.8) is 0 Å². The Kier molecular flexibility index (Phi) is 3.67. The minimum Gasteiger partial charge on any atom is -0.465 e. The largest absolute Gasteiger partial charge is 0.465 e. The molecule has 0 heterocycles. The second kappa shape index (κ2) is 5.21. The van der Waals surface area contributed by atoms with Crippen molar-refractivity contribution in [1.82, 2.24) is 0 Å². The molecule has 3 heteroatoms. The van der Waals surface area contributed by atoms with Crippen LogP contribution in [-0.2, 0) is 4.74 Å². The predicted octanol–water partition coefficient (Wildman–Crippen LogP) is 2.85. The molecule has 0 N–H and O–H groups in total. The highest BCUT2D eigenvalue weighted by atomic mass is 16.5. The molecule has 0 aliphatic heterocycles. The summed E-state index contributed by atoms with van der Waals surface area (Å²) in [6.45, 7) is 0. The number of hydrogen-bond acceptors (Lipinski definition) is 3. The predicted molar refractivity (Wildman–Crippen MR) is 68.4 cm³/mol. The Bertz CT molecular complexity index is 397. The number of nitrogens with zero attached hydrogens (tertiary/aromatic N) is 1. The number of carbonyl (C=O) groups is 1. The third kappa shape index (κ3) is 2.60. The molecule has 17 heavy (non-hydrogen) atoms. The number of methoxy groups -OCH3 is 1. The van der Waals surface area contributed by atoms with Crippen LogP contribution in [0.15, 0.2) is 24.3 Å². The normalized spacial score (nSPS) is 15.9. The van der Waals surface area contributed by atoms with E-state index in [0.717, 1.165) is 5.69 Å². The summed E-state index contributed by atoms with van der Waals surface area (Å²) >= 11 is 0. The van der Waals surface area contributed by atoms with E-state index in [1.807, 2.05) is 18.2 Å². The van der Waals surface area contributed by atoms with Crippen LogP contribution < -0.4 is 4.90 Å². The Morgan fingerprint density at radius 3 is 2.71 bits per heavy atom. The van der Waals surface area contributed by atoms with Gasteiger partial charge in [0.2, 0.25) is 0 Å². The number of esters is 1. The molecule has 0 atom stereocenters. The van der Waals surface area contributed by atoms with Gasteiger partial charge in [0.1, 0.15) is 0 Å². The van der Waals surface area contributed by atoms with Crippen molar-refractivity contribution in [2.24, 2.45) is 0 Å². The van der Waals surface area contributed by atoms with Crippen molar-refractivity contribution in [1.29, 1.82) is 0 Å². The molecular weight excluding hydrogens is 214 g/mol. The molecular formula is C14H19NO2. The lowest BCUT2D eigenvalue weighted by Gasteiger charge is -2.26. The van der Waals surface area contributed by atoms with E-state index in [1.165, 1.54) is 32.8 Å². The topological polar surface area (TPSA) is 29.5 Å². The number of hydrogen-bond donors (Lipinski definition) is 0. The summed E-state index contributed by atoms with van der Waals surface area (Å²) in [5.74, 6) is -0.272. The number of anilines is 1. The number of carbonyl (C=O) groups excluding carboxylic acids is 1. The Morgan fingerprint density at radius 2 is 2.06 bits per heavy atom. The summed E-state index contributed by atoms with van der Waals surface area (Å²) in [5, 5.41) is 0. The molecule has 0 bridgehead atoms. The fourth-order valence-electron chi connectivity index (χ4n) is 2.47. The first kappa shape index (κ1) is 12.0. The SMILES string of the molecule is COC(=O)c1cccc(N(C)C2CCCC2)c1. The van der Waals surface area contributed by atoms with Crippen LogP contribution in [0.1, 0.15) is 36.0 Å². The Labute approximate surface area is 102 Å². The zero-order chi connectivity index (χ0) is 12.3. The van der Waals surface area contributed by atoms with Gasteiger partial charge in [0.05, 0.1) is 12.7 Å². The second-order valence-electron chi connectivity index (χ2n) is 4.59. The fraction of sp³-hybridized carbons (Fsp3) is 0.500. The van der Waals surface area contributed by atoms with Gasteiger partial charge in [-0.05, 0) is 31.0 Å². The van der Waals surface area contributed by atoms with Crippen molar-refractivity contribution in [3.05, 3.63) is 29.8 Å². The van der Waals surface area contributed by atoms with Gasteiger partial charge in [0, 0.05) is 18.8 Å². The van der Waals surface area contributed by atoms with Crippen molar-refractivity contribution in [2.75, 3.05) is 19.1 Å². The van der Waals surface area contributed by atoms with Crippen molar-refractivity contribution in [2.45, 2.75) is 31.7 Å². The third-order valence-electron chi connectivity index (χ3n) is 3.55. The molecule has 0 unspecified atom stereocenters. The van der Waals surface area contributed by atoms with E-state index >= 15 is 0 Å². The quantitative estimate of drug-likeness (QED) is 0.752. The van der Waals surface area contributed by atoms with E-state index in [-0.39, 0.29) is 5.97 Å². The fourth-order valence-corrected chi connectivity index (χ4v) is 2.47. The molecule has 3 nitrogen and oxygen atoms in total. The van der Waals surface area contributed by atoms with E-state index in [9.17, 15) is 4.79 Å². The van der Waals surface area contributed by atoms with Gasteiger partial charge in [0.25, 0.3) is 0 Å². The van der Waals surface area contributed by atoms with E-state index in [1.54, 1.807) is 6.07 Å². The summed E-state index contributed by atoms with van der Waals surface area (Å²) in [7, 11) is 3.52. The van der Waals surface area contributed by atoms with Gasteiger partial charge in [-0.25, -0.2) is 4.79 Å². The molecule has 1 aromatic carbocycles. The van der Waals surface area contributed by atoms with E-state index in [4.69, 9.17) is 4.74 Å². The second-order valence-corrected chi connectivity index (χ2v) is 4.59. The number of ether oxygens (including phenoxy) is 1. The van der Waals surface area contributed by atoms with Crippen molar-refractivity contribution >= 4 is 11.7 Å². The molecule has 0 spiro atoms. The van der Waals surface area contributed by atoms with Gasteiger partial charge in [-0.3, -0.25) is 0 Å². The minimum absolute atomic E-state index is 0.272. The summed E-state index contributed by atoms with van der Waals surface area (Å²) < 4.78 is 4.74. The van der Waals surface area contributed by atoms with Gasteiger partial charge >= 0.3 is 5.97 Å². The molecule has 0 aromatic heterocycles. The first-order valence-electron chi connectivity index (χ1n) is 6.13. The van der Waals surface area contributed by atoms with E-state index in [2.05, 4.69) is 11.9 Å². The van der Waals surface area contributed by atoms with Crippen molar-refractivity contribution < 1.29 is 9.53 Å². The van der Waals surface area contributed by atoms with Crippen LogP contribution in [-0.4, -0.2) is 26.2 Å².